The molecule has 1 aromatic rings. The first-order chi connectivity index (χ1) is 11.4. The second-order valence-electron chi connectivity index (χ2n) is 8.18. The molecule has 1 aliphatic rings. The van der Waals surface area contributed by atoms with E-state index in [0.29, 0.717) is 5.92 Å². The molecule has 0 amide bonds. The second kappa shape index (κ2) is 8.98. The van der Waals surface area contributed by atoms with E-state index in [0.717, 1.165) is 31.9 Å². The highest BCUT2D eigenvalue weighted by molar-refractivity contribution is 5.22. The van der Waals surface area contributed by atoms with E-state index in [1.807, 2.05) is 13.8 Å². The first-order valence-corrected chi connectivity index (χ1v) is 9.39. The molecule has 0 spiro atoms. The molecule has 1 aromatic carbocycles. The van der Waals surface area contributed by atoms with Crippen molar-refractivity contribution in [2.45, 2.75) is 58.6 Å². The maximum absolute atomic E-state index is 9.83. The van der Waals surface area contributed by atoms with Crippen molar-refractivity contribution in [2.75, 3.05) is 26.8 Å². The van der Waals surface area contributed by atoms with Crippen LogP contribution in [0.3, 0.4) is 0 Å². The Labute approximate surface area is 148 Å². The highest BCUT2D eigenvalue weighted by atomic mass is 16.5. The van der Waals surface area contributed by atoms with Crippen LogP contribution >= 0.6 is 0 Å². The number of benzene rings is 1. The van der Waals surface area contributed by atoms with Gasteiger partial charge in [0.1, 0.15) is 0 Å². The maximum Gasteiger partial charge on any atom is 0.0594 e. The lowest BCUT2D eigenvalue weighted by Gasteiger charge is -2.34. The third-order valence-corrected chi connectivity index (χ3v) is 5.32. The minimum atomic E-state index is -0.580. The first kappa shape index (κ1) is 19.4. The number of aryl methyl sites for hydroxylation is 1. The number of ether oxygens (including phenoxy) is 1. The predicted octanol–water partition coefficient (Wildman–Crippen LogP) is 3.88. The highest BCUT2D eigenvalue weighted by Crippen LogP contribution is 2.26. The Morgan fingerprint density at radius 3 is 2.29 bits per heavy atom. The molecular formula is C21H35NO2. The molecule has 0 aromatic heterocycles. The lowest BCUT2D eigenvalue weighted by Crippen LogP contribution is -2.36. The van der Waals surface area contributed by atoms with E-state index in [9.17, 15) is 5.11 Å². The summed E-state index contributed by atoms with van der Waals surface area (Å²) in [6.07, 6.45) is 4.31. The molecule has 3 heteroatoms. The van der Waals surface area contributed by atoms with Gasteiger partial charge < -0.3 is 9.84 Å². The zero-order valence-electron chi connectivity index (χ0n) is 15.9. The van der Waals surface area contributed by atoms with Crippen LogP contribution in [-0.2, 0) is 17.7 Å². The topological polar surface area (TPSA) is 32.7 Å². The Bertz CT molecular complexity index is 470. The van der Waals surface area contributed by atoms with Gasteiger partial charge in [0.05, 0.1) is 5.60 Å². The highest BCUT2D eigenvalue weighted by Gasteiger charge is 2.23. The summed E-state index contributed by atoms with van der Waals surface area (Å²) in [6.45, 7) is 10.4. The van der Waals surface area contributed by atoms with Crippen molar-refractivity contribution in [2.24, 2.45) is 11.8 Å². The summed E-state index contributed by atoms with van der Waals surface area (Å²) in [5, 5.41) is 9.83. The average Bonchev–Trinajstić information content (AvgIpc) is 2.54. The monoisotopic (exact) mass is 333 g/mol. The van der Waals surface area contributed by atoms with E-state index in [-0.39, 0.29) is 0 Å². The van der Waals surface area contributed by atoms with Gasteiger partial charge in [0.15, 0.2) is 0 Å². The van der Waals surface area contributed by atoms with Gasteiger partial charge in [0.25, 0.3) is 0 Å². The summed E-state index contributed by atoms with van der Waals surface area (Å²) in [7, 11) is 1.80. The molecule has 0 unspecified atom stereocenters. The fourth-order valence-corrected chi connectivity index (χ4v) is 3.60. The summed E-state index contributed by atoms with van der Waals surface area (Å²) >= 11 is 0. The predicted molar refractivity (Wildman–Crippen MR) is 100 cm³/mol. The smallest absolute Gasteiger partial charge is 0.0594 e. The molecule has 24 heavy (non-hydrogen) atoms. The minimum absolute atomic E-state index is 0.580. The van der Waals surface area contributed by atoms with Crippen molar-refractivity contribution in [3.8, 4) is 0 Å². The lowest BCUT2D eigenvalue weighted by atomic mass is 9.86. The van der Waals surface area contributed by atoms with Gasteiger partial charge in [0.2, 0.25) is 0 Å². The molecule has 1 heterocycles. The standard InChI is InChI=1S/C21H35NO2/c1-17(16-24-4)20-10-13-22(14-11-20)15-19-7-5-18(6-8-19)9-12-21(2,3)23/h5-8,17,20,23H,9-16H2,1-4H3/t17-/m1/s1. The van der Waals surface area contributed by atoms with E-state index in [1.54, 1.807) is 7.11 Å². The number of hydrogen-bond acceptors (Lipinski definition) is 3. The molecule has 0 aliphatic carbocycles. The Balaban J connectivity index is 1.76. The molecular weight excluding hydrogens is 298 g/mol. The number of hydrogen-bond donors (Lipinski definition) is 1. The largest absolute Gasteiger partial charge is 0.390 e. The summed E-state index contributed by atoms with van der Waals surface area (Å²) in [5.74, 6) is 1.48. The van der Waals surface area contributed by atoms with Crippen LogP contribution in [0.2, 0.25) is 0 Å². The van der Waals surface area contributed by atoms with Crippen LogP contribution in [0.1, 0.15) is 51.2 Å². The van der Waals surface area contributed by atoms with Crippen molar-refractivity contribution in [3.63, 3.8) is 0 Å². The summed E-state index contributed by atoms with van der Waals surface area (Å²) < 4.78 is 5.30. The summed E-state index contributed by atoms with van der Waals surface area (Å²) in [4.78, 5) is 2.57. The van der Waals surface area contributed by atoms with E-state index in [4.69, 9.17) is 4.74 Å². The van der Waals surface area contributed by atoms with Crippen LogP contribution in [0.4, 0.5) is 0 Å². The third kappa shape index (κ3) is 6.54. The van der Waals surface area contributed by atoms with Crippen molar-refractivity contribution in [1.29, 1.82) is 0 Å². The number of piperidine rings is 1. The van der Waals surface area contributed by atoms with Gasteiger partial charge in [-0.05, 0) is 75.6 Å². The number of rotatable bonds is 8. The molecule has 2 rings (SSSR count). The average molecular weight is 334 g/mol. The minimum Gasteiger partial charge on any atom is -0.390 e. The summed E-state index contributed by atoms with van der Waals surface area (Å²) in [5.41, 5.74) is 2.13. The number of nitrogens with zero attached hydrogens (tertiary/aromatic N) is 1. The van der Waals surface area contributed by atoms with Gasteiger partial charge in [-0.3, -0.25) is 4.90 Å². The van der Waals surface area contributed by atoms with Gasteiger partial charge >= 0.3 is 0 Å². The van der Waals surface area contributed by atoms with Crippen LogP contribution < -0.4 is 0 Å². The fraction of sp³-hybridized carbons (Fsp3) is 0.714. The summed E-state index contributed by atoms with van der Waals surface area (Å²) in [6, 6.07) is 8.93. The van der Waals surface area contributed by atoms with Crippen molar-refractivity contribution in [3.05, 3.63) is 35.4 Å². The zero-order valence-corrected chi connectivity index (χ0v) is 15.9. The molecule has 1 aliphatic heterocycles. The first-order valence-electron chi connectivity index (χ1n) is 9.39. The Morgan fingerprint density at radius 2 is 1.75 bits per heavy atom. The second-order valence-corrected chi connectivity index (χ2v) is 8.18. The van der Waals surface area contributed by atoms with E-state index >= 15 is 0 Å². The molecule has 0 saturated carbocycles. The Morgan fingerprint density at radius 1 is 1.17 bits per heavy atom. The molecule has 136 valence electrons. The van der Waals surface area contributed by atoms with Crippen molar-refractivity contribution in [1.82, 2.24) is 4.90 Å². The van der Waals surface area contributed by atoms with Crippen LogP contribution in [0.25, 0.3) is 0 Å². The molecule has 0 bridgehead atoms. The van der Waals surface area contributed by atoms with Crippen LogP contribution in [0.15, 0.2) is 24.3 Å². The van der Waals surface area contributed by atoms with Crippen molar-refractivity contribution < 1.29 is 9.84 Å². The SMILES string of the molecule is COC[C@@H](C)C1CCN(Cc2ccc(CCC(C)(C)O)cc2)CC1. The molecule has 3 nitrogen and oxygen atoms in total. The number of methoxy groups -OCH3 is 1. The van der Waals surface area contributed by atoms with Crippen LogP contribution in [0, 0.1) is 11.8 Å². The van der Waals surface area contributed by atoms with E-state index < -0.39 is 5.60 Å². The van der Waals surface area contributed by atoms with Gasteiger partial charge in [-0.25, -0.2) is 0 Å². The van der Waals surface area contributed by atoms with E-state index in [1.165, 1.54) is 37.1 Å². The molecule has 0 radical (unpaired) electrons. The van der Waals surface area contributed by atoms with E-state index in [2.05, 4.69) is 36.1 Å². The van der Waals surface area contributed by atoms with Gasteiger partial charge in [0, 0.05) is 20.3 Å². The Hall–Kier alpha value is -0.900. The normalized spacial score (nSPS) is 18.7. The van der Waals surface area contributed by atoms with Gasteiger partial charge in [-0.2, -0.15) is 0 Å². The molecule has 1 atom stereocenters. The van der Waals surface area contributed by atoms with Crippen LogP contribution in [-0.4, -0.2) is 42.4 Å². The fourth-order valence-electron chi connectivity index (χ4n) is 3.60. The third-order valence-electron chi connectivity index (χ3n) is 5.32. The molecule has 1 saturated heterocycles. The maximum atomic E-state index is 9.83. The lowest BCUT2D eigenvalue weighted by molar-refractivity contribution is 0.0714. The van der Waals surface area contributed by atoms with Gasteiger partial charge in [-0.1, -0.05) is 31.2 Å². The quantitative estimate of drug-likeness (QED) is 0.783. The Kier molecular flexibility index (Phi) is 7.27. The number of aliphatic hydroxyl groups is 1. The van der Waals surface area contributed by atoms with Crippen LogP contribution in [0.5, 0.6) is 0 Å². The van der Waals surface area contributed by atoms with Crippen molar-refractivity contribution >= 4 is 0 Å². The number of likely N-dealkylation sites (tertiary alicyclic amines) is 1. The molecule has 1 N–H and O–H groups in total. The van der Waals surface area contributed by atoms with Gasteiger partial charge in [-0.15, -0.1) is 0 Å². The molecule has 1 fully saturated rings. The zero-order chi connectivity index (χ0) is 17.6.